The summed E-state index contributed by atoms with van der Waals surface area (Å²) in [4.78, 5) is 11.9. The van der Waals surface area contributed by atoms with Crippen LogP contribution in [-0.4, -0.2) is 30.6 Å². The fraction of sp³-hybridized carbons (Fsp3) is 0.591. The third-order valence-corrected chi connectivity index (χ3v) is 5.11. The maximum absolute atomic E-state index is 11.9. The van der Waals surface area contributed by atoms with Crippen LogP contribution in [0.3, 0.4) is 0 Å². The quantitative estimate of drug-likeness (QED) is 0.680. The van der Waals surface area contributed by atoms with Crippen LogP contribution in [0.15, 0.2) is 36.4 Å². The molecule has 1 saturated carbocycles. The molecular formula is C22H30O4. The van der Waals surface area contributed by atoms with Gasteiger partial charge in [-0.15, -0.1) is 0 Å². The highest BCUT2D eigenvalue weighted by atomic mass is 16.7. The molecule has 1 saturated heterocycles. The summed E-state index contributed by atoms with van der Waals surface area (Å²) in [6.07, 6.45) is 11.5. The Morgan fingerprint density at radius 1 is 1.15 bits per heavy atom. The maximum Gasteiger partial charge on any atom is 0.308 e. The lowest BCUT2D eigenvalue weighted by molar-refractivity contribution is -0.328. The van der Waals surface area contributed by atoms with Crippen molar-refractivity contribution in [2.75, 3.05) is 6.61 Å². The Kier molecular flexibility index (Phi) is 6.86. The molecule has 4 nitrogen and oxygen atoms in total. The fourth-order valence-corrected chi connectivity index (χ4v) is 3.95. The number of hydrogen-bond acceptors (Lipinski definition) is 4. The molecule has 0 radical (unpaired) electrons. The van der Waals surface area contributed by atoms with Gasteiger partial charge in [-0.05, 0) is 31.7 Å². The lowest BCUT2D eigenvalue weighted by Crippen LogP contribution is -2.50. The van der Waals surface area contributed by atoms with Gasteiger partial charge in [0.05, 0.1) is 25.2 Å². The summed E-state index contributed by atoms with van der Waals surface area (Å²) in [7, 11) is 0. The van der Waals surface area contributed by atoms with Gasteiger partial charge in [0.1, 0.15) is 0 Å². The average molecular weight is 358 g/mol. The van der Waals surface area contributed by atoms with Crippen LogP contribution in [0.1, 0.15) is 63.9 Å². The first kappa shape index (κ1) is 19.1. The molecule has 2 aliphatic rings. The molecule has 142 valence electrons. The van der Waals surface area contributed by atoms with Crippen molar-refractivity contribution >= 4 is 12.0 Å². The Balaban J connectivity index is 1.63. The fourth-order valence-electron chi connectivity index (χ4n) is 3.95. The highest BCUT2D eigenvalue weighted by molar-refractivity contribution is 5.69. The van der Waals surface area contributed by atoms with E-state index in [1.807, 2.05) is 25.1 Å². The van der Waals surface area contributed by atoms with E-state index in [-0.39, 0.29) is 18.2 Å². The molecule has 1 aliphatic carbocycles. The summed E-state index contributed by atoms with van der Waals surface area (Å²) in [5.41, 5.74) is 1.19. The monoisotopic (exact) mass is 358 g/mol. The molecule has 0 bridgehead atoms. The molecule has 4 heteroatoms. The molecule has 0 N–H and O–H groups in total. The van der Waals surface area contributed by atoms with Crippen LogP contribution in [0.5, 0.6) is 0 Å². The molecule has 0 aromatic heterocycles. The van der Waals surface area contributed by atoms with Gasteiger partial charge in [-0.1, -0.05) is 48.9 Å². The summed E-state index contributed by atoms with van der Waals surface area (Å²) in [6, 6.07) is 10.3. The first-order valence-corrected chi connectivity index (χ1v) is 9.92. The lowest BCUT2D eigenvalue weighted by atomic mass is 9.91. The maximum atomic E-state index is 11.9. The van der Waals surface area contributed by atoms with E-state index in [1.165, 1.54) is 12.0 Å². The van der Waals surface area contributed by atoms with Crippen molar-refractivity contribution in [3.63, 3.8) is 0 Å². The minimum absolute atomic E-state index is 0.0845. The van der Waals surface area contributed by atoms with Crippen molar-refractivity contribution in [1.29, 1.82) is 0 Å². The van der Waals surface area contributed by atoms with Crippen molar-refractivity contribution in [2.45, 2.75) is 76.3 Å². The van der Waals surface area contributed by atoms with Crippen molar-refractivity contribution < 1.29 is 19.0 Å². The molecule has 2 fully saturated rings. The van der Waals surface area contributed by atoms with Gasteiger partial charge in [0.25, 0.3) is 0 Å². The van der Waals surface area contributed by atoms with E-state index in [0.29, 0.717) is 13.0 Å². The van der Waals surface area contributed by atoms with Gasteiger partial charge in [0, 0.05) is 19.3 Å². The van der Waals surface area contributed by atoms with E-state index in [0.717, 1.165) is 38.5 Å². The van der Waals surface area contributed by atoms with E-state index >= 15 is 0 Å². The SMILES string of the molecule is CCOC(=O)CC1CC(CC=Cc2ccccc2)OC2(CCCCC2)O1. The minimum Gasteiger partial charge on any atom is -0.466 e. The highest BCUT2D eigenvalue weighted by Gasteiger charge is 2.43. The zero-order valence-corrected chi connectivity index (χ0v) is 15.7. The summed E-state index contributed by atoms with van der Waals surface area (Å²) < 4.78 is 17.8. The van der Waals surface area contributed by atoms with Crippen LogP contribution in [0.25, 0.3) is 6.08 Å². The smallest absolute Gasteiger partial charge is 0.308 e. The van der Waals surface area contributed by atoms with Gasteiger partial charge in [-0.2, -0.15) is 0 Å². The number of benzene rings is 1. The second-order valence-corrected chi connectivity index (χ2v) is 7.24. The van der Waals surface area contributed by atoms with Crippen LogP contribution in [0, 0.1) is 0 Å². The summed E-state index contributed by atoms with van der Waals surface area (Å²) in [6.45, 7) is 2.25. The van der Waals surface area contributed by atoms with E-state index in [4.69, 9.17) is 14.2 Å². The largest absolute Gasteiger partial charge is 0.466 e. The third kappa shape index (κ3) is 5.42. The highest BCUT2D eigenvalue weighted by Crippen LogP contribution is 2.40. The van der Waals surface area contributed by atoms with Crippen LogP contribution >= 0.6 is 0 Å². The van der Waals surface area contributed by atoms with Gasteiger partial charge >= 0.3 is 5.97 Å². The molecule has 2 atom stereocenters. The molecule has 2 unspecified atom stereocenters. The van der Waals surface area contributed by atoms with Gasteiger partial charge in [0.2, 0.25) is 0 Å². The summed E-state index contributed by atoms with van der Waals surface area (Å²) in [5.74, 6) is -0.678. The van der Waals surface area contributed by atoms with Crippen LogP contribution < -0.4 is 0 Å². The molecule has 0 amide bonds. The Morgan fingerprint density at radius 3 is 2.62 bits per heavy atom. The summed E-state index contributed by atoms with van der Waals surface area (Å²) >= 11 is 0. The zero-order chi connectivity index (χ0) is 18.2. The van der Waals surface area contributed by atoms with Crippen LogP contribution in [-0.2, 0) is 19.0 Å². The normalized spacial score (nSPS) is 25.4. The van der Waals surface area contributed by atoms with Gasteiger partial charge < -0.3 is 14.2 Å². The molecule has 3 rings (SSSR count). The number of hydrogen-bond donors (Lipinski definition) is 0. The number of esters is 1. The van der Waals surface area contributed by atoms with Crippen molar-refractivity contribution in [3.05, 3.63) is 42.0 Å². The topological polar surface area (TPSA) is 44.8 Å². The minimum atomic E-state index is -0.501. The Hall–Kier alpha value is -1.65. The number of rotatable bonds is 6. The Labute approximate surface area is 156 Å². The van der Waals surface area contributed by atoms with E-state index < -0.39 is 5.79 Å². The van der Waals surface area contributed by atoms with E-state index in [1.54, 1.807) is 0 Å². The number of carbonyl (C=O) groups excluding carboxylic acids is 1. The third-order valence-electron chi connectivity index (χ3n) is 5.11. The van der Waals surface area contributed by atoms with Crippen molar-refractivity contribution in [3.8, 4) is 0 Å². The predicted molar refractivity (Wildman–Crippen MR) is 102 cm³/mol. The molecule has 26 heavy (non-hydrogen) atoms. The van der Waals surface area contributed by atoms with Gasteiger partial charge in [-0.3, -0.25) is 4.79 Å². The second-order valence-electron chi connectivity index (χ2n) is 7.24. The summed E-state index contributed by atoms with van der Waals surface area (Å²) in [5, 5.41) is 0. The van der Waals surface area contributed by atoms with Crippen LogP contribution in [0.2, 0.25) is 0 Å². The average Bonchev–Trinajstić information content (AvgIpc) is 2.63. The van der Waals surface area contributed by atoms with Crippen molar-refractivity contribution in [1.82, 2.24) is 0 Å². The molecule has 1 spiro atoms. The second kappa shape index (κ2) is 9.33. The first-order valence-electron chi connectivity index (χ1n) is 9.92. The Morgan fingerprint density at radius 2 is 1.88 bits per heavy atom. The number of carbonyl (C=O) groups is 1. The van der Waals surface area contributed by atoms with Crippen molar-refractivity contribution in [2.24, 2.45) is 0 Å². The first-order chi connectivity index (χ1) is 12.7. The van der Waals surface area contributed by atoms with Crippen LogP contribution in [0.4, 0.5) is 0 Å². The lowest BCUT2D eigenvalue weighted by Gasteiger charge is -2.46. The predicted octanol–water partition coefficient (Wildman–Crippen LogP) is 4.88. The van der Waals surface area contributed by atoms with Gasteiger partial charge in [0.15, 0.2) is 5.79 Å². The van der Waals surface area contributed by atoms with E-state index in [9.17, 15) is 4.79 Å². The number of ether oxygens (including phenoxy) is 3. The Bertz CT molecular complexity index is 589. The molecule has 1 aliphatic heterocycles. The molecule has 1 heterocycles. The molecule has 1 aromatic rings. The standard InChI is InChI=1S/C22H30O4/c1-2-24-21(23)17-20-16-19(13-9-12-18-10-5-3-6-11-18)25-22(26-20)14-7-4-8-15-22/h3,5-6,9-12,19-20H,2,4,7-8,13-17H2,1H3. The molecule has 1 aromatic carbocycles. The van der Waals surface area contributed by atoms with E-state index in [2.05, 4.69) is 24.3 Å². The van der Waals surface area contributed by atoms with Gasteiger partial charge in [-0.25, -0.2) is 0 Å². The molecular weight excluding hydrogens is 328 g/mol. The zero-order valence-electron chi connectivity index (χ0n) is 15.7.